The third-order valence-electron chi connectivity index (χ3n) is 5.02. The molecule has 2 rings (SSSR count). The van der Waals surface area contributed by atoms with E-state index in [0.29, 0.717) is 5.56 Å². The van der Waals surface area contributed by atoms with E-state index >= 15 is 0 Å². The molecule has 0 radical (unpaired) electrons. The molecular formula is C21H28O3Si. The van der Waals surface area contributed by atoms with Crippen molar-refractivity contribution in [1.29, 1.82) is 0 Å². The zero-order chi connectivity index (χ0) is 18.3. The normalized spacial score (nSPS) is 12.6. The number of benzene rings is 2. The summed E-state index contributed by atoms with van der Waals surface area (Å²) in [5.41, 5.74) is 1.58. The first kappa shape index (κ1) is 19.4. The summed E-state index contributed by atoms with van der Waals surface area (Å²) in [6, 6.07) is 20.1. The molecule has 0 spiro atoms. The van der Waals surface area contributed by atoms with E-state index in [1.54, 1.807) is 7.11 Å². The van der Waals surface area contributed by atoms with Crippen LogP contribution in [0.1, 0.15) is 42.8 Å². The van der Waals surface area contributed by atoms with Gasteiger partial charge in [0.25, 0.3) is 0 Å². The van der Waals surface area contributed by atoms with Crippen LogP contribution in [0.15, 0.2) is 54.6 Å². The number of ether oxygens (including phenoxy) is 1. The van der Waals surface area contributed by atoms with Gasteiger partial charge in [-0.2, -0.15) is 0 Å². The Morgan fingerprint density at radius 1 is 0.920 bits per heavy atom. The van der Waals surface area contributed by atoms with Crippen LogP contribution < -0.4 is 4.74 Å². The van der Waals surface area contributed by atoms with Crippen molar-refractivity contribution in [2.75, 3.05) is 7.11 Å². The molecule has 0 aliphatic carbocycles. The first-order valence-corrected chi connectivity index (χ1v) is 11.5. The number of hydrogen-bond acceptors (Lipinski definition) is 3. The maximum atomic E-state index is 13.2. The Bertz CT molecular complexity index is 655. The van der Waals surface area contributed by atoms with Gasteiger partial charge in [-0.05, 0) is 35.8 Å². The molecule has 1 atom stereocenters. The van der Waals surface area contributed by atoms with Crippen molar-refractivity contribution >= 4 is 14.1 Å². The minimum atomic E-state index is -1.93. The van der Waals surface area contributed by atoms with Crippen LogP contribution in [0.4, 0.5) is 0 Å². The molecule has 0 fully saturated rings. The molecule has 0 N–H and O–H groups in total. The predicted molar refractivity (Wildman–Crippen MR) is 105 cm³/mol. The quantitative estimate of drug-likeness (QED) is 0.431. The van der Waals surface area contributed by atoms with E-state index in [2.05, 4.69) is 20.8 Å². The van der Waals surface area contributed by atoms with Gasteiger partial charge in [-0.3, -0.25) is 4.79 Å². The molecule has 0 saturated heterocycles. The second kappa shape index (κ2) is 8.97. The van der Waals surface area contributed by atoms with Crippen molar-refractivity contribution in [2.45, 2.75) is 45.0 Å². The van der Waals surface area contributed by atoms with E-state index in [9.17, 15) is 4.79 Å². The van der Waals surface area contributed by atoms with Crippen LogP contribution in [-0.4, -0.2) is 21.2 Å². The fraction of sp³-hybridized carbons (Fsp3) is 0.381. The summed E-state index contributed by atoms with van der Waals surface area (Å²) in [6.45, 7) is 6.53. The van der Waals surface area contributed by atoms with E-state index < -0.39 is 14.4 Å². The van der Waals surface area contributed by atoms with Gasteiger partial charge in [0.05, 0.1) is 7.11 Å². The maximum absolute atomic E-state index is 13.2. The maximum Gasteiger partial charge on any atom is 0.194 e. The van der Waals surface area contributed by atoms with Crippen molar-refractivity contribution in [1.82, 2.24) is 0 Å². The number of ketones is 1. The summed E-state index contributed by atoms with van der Waals surface area (Å²) < 4.78 is 11.9. The Labute approximate surface area is 152 Å². The van der Waals surface area contributed by atoms with E-state index in [1.165, 1.54) is 0 Å². The van der Waals surface area contributed by atoms with Gasteiger partial charge in [-0.1, -0.05) is 63.2 Å². The summed E-state index contributed by atoms with van der Waals surface area (Å²) in [5, 5.41) is 0. The largest absolute Gasteiger partial charge is 0.497 e. The van der Waals surface area contributed by atoms with Crippen LogP contribution in [-0.2, 0) is 4.43 Å². The molecule has 0 aliphatic heterocycles. The second-order valence-electron chi connectivity index (χ2n) is 6.24. The van der Waals surface area contributed by atoms with Crippen LogP contribution in [0, 0.1) is 0 Å². The van der Waals surface area contributed by atoms with Crippen molar-refractivity contribution in [2.24, 2.45) is 0 Å². The highest BCUT2D eigenvalue weighted by molar-refractivity contribution is 6.73. The van der Waals surface area contributed by atoms with Gasteiger partial charge >= 0.3 is 0 Å². The third kappa shape index (κ3) is 4.59. The van der Waals surface area contributed by atoms with Crippen LogP contribution in [0.5, 0.6) is 5.75 Å². The molecule has 2 aromatic rings. The molecular weight excluding hydrogens is 328 g/mol. The first-order chi connectivity index (χ1) is 12.1. The number of rotatable bonds is 9. The van der Waals surface area contributed by atoms with E-state index in [4.69, 9.17) is 9.16 Å². The van der Waals surface area contributed by atoms with Crippen molar-refractivity contribution in [3.8, 4) is 5.75 Å². The first-order valence-electron chi connectivity index (χ1n) is 9.00. The van der Waals surface area contributed by atoms with Gasteiger partial charge in [0.2, 0.25) is 0 Å². The van der Waals surface area contributed by atoms with Crippen molar-refractivity contribution in [3.63, 3.8) is 0 Å². The molecule has 0 amide bonds. The van der Waals surface area contributed by atoms with E-state index in [0.717, 1.165) is 29.4 Å². The molecule has 0 aromatic heterocycles. The molecule has 1 unspecified atom stereocenters. The highest BCUT2D eigenvalue weighted by atomic mass is 28.4. The fourth-order valence-electron chi connectivity index (χ4n) is 3.06. The number of carbonyl (C=O) groups is 1. The minimum Gasteiger partial charge on any atom is -0.497 e. The van der Waals surface area contributed by atoms with E-state index in [1.807, 2.05) is 54.6 Å². The molecule has 4 heteroatoms. The summed E-state index contributed by atoms with van der Waals surface area (Å²) in [6.07, 6.45) is -0.556. The predicted octanol–water partition coefficient (Wildman–Crippen LogP) is 5.64. The average molecular weight is 357 g/mol. The van der Waals surface area contributed by atoms with Crippen LogP contribution >= 0.6 is 0 Å². The molecule has 0 saturated carbocycles. The highest BCUT2D eigenvalue weighted by Gasteiger charge is 2.35. The summed E-state index contributed by atoms with van der Waals surface area (Å²) >= 11 is 0. The Morgan fingerprint density at radius 2 is 1.48 bits per heavy atom. The molecule has 0 heterocycles. The molecule has 3 nitrogen and oxygen atoms in total. The topological polar surface area (TPSA) is 35.5 Å². The van der Waals surface area contributed by atoms with Crippen LogP contribution in [0.25, 0.3) is 0 Å². The lowest BCUT2D eigenvalue weighted by Gasteiger charge is -2.33. The van der Waals surface area contributed by atoms with Gasteiger partial charge in [-0.15, -0.1) is 0 Å². The zero-order valence-corrected chi connectivity index (χ0v) is 16.6. The Balaban J connectivity index is 2.41. The van der Waals surface area contributed by atoms with Gasteiger partial charge in [0.1, 0.15) is 11.9 Å². The van der Waals surface area contributed by atoms with Crippen molar-refractivity contribution in [3.05, 3.63) is 65.7 Å². The number of hydrogen-bond donors (Lipinski definition) is 0. The smallest absolute Gasteiger partial charge is 0.194 e. The summed E-state index contributed by atoms with van der Waals surface area (Å²) in [5.74, 6) is 0.803. The van der Waals surface area contributed by atoms with Crippen LogP contribution in [0.3, 0.4) is 0 Å². The third-order valence-corrected chi connectivity index (χ3v) is 9.62. The standard InChI is InChI=1S/C21H28O3Si/c1-5-25(6-2,7-3)24-21(18-13-15-19(23-4)16-14-18)20(22)17-11-9-8-10-12-17/h8-16,21H,5-7H2,1-4H3. The fourth-order valence-corrected chi connectivity index (χ4v) is 5.80. The van der Waals surface area contributed by atoms with E-state index in [-0.39, 0.29) is 5.78 Å². The lowest BCUT2D eigenvalue weighted by Crippen LogP contribution is -2.39. The molecule has 134 valence electrons. The lowest BCUT2D eigenvalue weighted by molar-refractivity contribution is 0.0772. The Hall–Kier alpha value is -1.91. The number of carbonyl (C=O) groups excluding carboxylic acids is 1. The van der Waals surface area contributed by atoms with Gasteiger partial charge in [-0.25, -0.2) is 0 Å². The molecule has 25 heavy (non-hydrogen) atoms. The Morgan fingerprint density at radius 3 is 1.96 bits per heavy atom. The average Bonchev–Trinajstić information content (AvgIpc) is 2.70. The van der Waals surface area contributed by atoms with Gasteiger partial charge < -0.3 is 9.16 Å². The number of methoxy groups -OCH3 is 1. The van der Waals surface area contributed by atoms with Crippen LogP contribution in [0.2, 0.25) is 18.1 Å². The summed E-state index contributed by atoms with van der Waals surface area (Å²) in [7, 11) is -0.293. The van der Waals surface area contributed by atoms with Gasteiger partial charge in [0, 0.05) is 5.56 Å². The highest BCUT2D eigenvalue weighted by Crippen LogP contribution is 2.32. The molecule has 0 bridgehead atoms. The molecule has 2 aromatic carbocycles. The zero-order valence-electron chi connectivity index (χ0n) is 15.6. The molecule has 0 aliphatic rings. The Kier molecular flexibility index (Phi) is 6.97. The van der Waals surface area contributed by atoms with Crippen molar-refractivity contribution < 1.29 is 14.0 Å². The summed E-state index contributed by atoms with van der Waals surface area (Å²) in [4.78, 5) is 13.2. The second-order valence-corrected chi connectivity index (χ2v) is 11.0. The minimum absolute atomic E-state index is 0.0259. The number of Topliss-reactive ketones (excluding diaryl/α,β-unsaturated/α-hetero) is 1. The SMILES string of the molecule is CC[Si](CC)(CC)OC(C(=O)c1ccccc1)c1ccc(OC)cc1. The monoisotopic (exact) mass is 356 g/mol. The lowest BCUT2D eigenvalue weighted by atomic mass is 10.00. The van der Waals surface area contributed by atoms with Gasteiger partial charge in [0.15, 0.2) is 14.1 Å².